The second-order valence-corrected chi connectivity index (χ2v) is 5.19. The Morgan fingerprint density at radius 1 is 1.16 bits per heavy atom. The fourth-order valence-corrected chi connectivity index (χ4v) is 2.62. The Labute approximate surface area is 119 Å². The van der Waals surface area contributed by atoms with Gasteiger partial charge in [0, 0.05) is 6.20 Å². The highest BCUT2D eigenvalue weighted by atomic mass is 35.5. The normalized spacial score (nSPS) is 12.4. The number of halogens is 1. The van der Waals surface area contributed by atoms with E-state index in [1.165, 1.54) is 16.7 Å². The number of aromatic nitrogens is 1. The molecule has 0 aliphatic heterocycles. The summed E-state index contributed by atoms with van der Waals surface area (Å²) in [7, 11) is 1.95. The van der Waals surface area contributed by atoms with E-state index in [0.717, 1.165) is 12.1 Å². The predicted molar refractivity (Wildman–Crippen MR) is 80.7 cm³/mol. The molecule has 2 aromatic rings. The van der Waals surface area contributed by atoms with Crippen LogP contribution in [-0.2, 0) is 6.42 Å². The van der Waals surface area contributed by atoms with Gasteiger partial charge in [0.2, 0.25) is 0 Å². The molecule has 0 saturated carbocycles. The molecule has 0 bridgehead atoms. The van der Waals surface area contributed by atoms with E-state index in [1.807, 2.05) is 19.2 Å². The van der Waals surface area contributed by atoms with Crippen molar-refractivity contribution < 1.29 is 0 Å². The molecule has 0 radical (unpaired) electrons. The highest BCUT2D eigenvalue weighted by molar-refractivity contribution is 6.31. The van der Waals surface area contributed by atoms with Crippen molar-refractivity contribution in [2.75, 3.05) is 7.05 Å². The molecule has 2 nitrogen and oxygen atoms in total. The molecule has 1 aromatic heterocycles. The first-order valence-electron chi connectivity index (χ1n) is 6.46. The van der Waals surface area contributed by atoms with Crippen molar-refractivity contribution >= 4 is 11.6 Å². The molecular formula is C16H19ClN2. The number of nitrogens with one attached hydrogen (secondary N) is 1. The van der Waals surface area contributed by atoms with Gasteiger partial charge in [0.05, 0.1) is 16.8 Å². The fourth-order valence-electron chi connectivity index (χ4n) is 2.36. The Kier molecular flexibility index (Phi) is 4.56. The Morgan fingerprint density at radius 2 is 1.84 bits per heavy atom. The number of benzene rings is 1. The van der Waals surface area contributed by atoms with E-state index in [0.29, 0.717) is 5.02 Å². The number of aryl methyl sites for hydroxylation is 2. The second kappa shape index (κ2) is 6.18. The first-order chi connectivity index (χ1) is 9.13. The van der Waals surface area contributed by atoms with Crippen LogP contribution in [0.1, 0.15) is 28.4 Å². The molecule has 1 atom stereocenters. The molecule has 0 aliphatic carbocycles. The summed E-state index contributed by atoms with van der Waals surface area (Å²) >= 11 is 6.24. The van der Waals surface area contributed by atoms with E-state index in [9.17, 15) is 0 Å². The third-order valence-corrected chi connectivity index (χ3v) is 3.84. The van der Waals surface area contributed by atoms with Gasteiger partial charge in [-0.05, 0) is 56.1 Å². The van der Waals surface area contributed by atoms with Gasteiger partial charge in [-0.3, -0.25) is 4.98 Å². The molecule has 0 spiro atoms. The van der Waals surface area contributed by atoms with Gasteiger partial charge in [-0.25, -0.2) is 0 Å². The second-order valence-electron chi connectivity index (χ2n) is 4.79. The Hall–Kier alpha value is -1.38. The van der Waals surface area contributed by atoms with Crippen molar-refractivity contribution in [2.24, 2.45) is 0 Å². The summed E-state index contributed by atoms with van der Waals surface area (Å²) in [5, 5.41) is 4.03. The number of rotatable bonds is 4. The summed E-state index contributed by atoms with van der Waals surface area (Å²) in [6, 6.07) is 10.3. The van der Waals surface area contributed by atoms with Crippen molar-refractivity contribution in [3.05, 3.63) is 63.9 Å². The molecule has 0 saturated heterocycles. The SMILES string of the molecule is CNC(Cc1c(C)cccc1C)c1ncccc1Cl. The van der Waals surface area contributed by atoms with Crippen molar-refractivity contribution in [1.82, 2.24) is 10.3 Å². The van der Waals surface area contributed by atoms with E-state index in [4.69, 9.17) is 11.6 Å². The molecule has 1 heterocycles. The molecule has 0 fully saturated rings. The third kappa shape index (κ3) is 3.14. The van der Waals surface area contributed by atoms with Gasteiger partial charge in [-0.1, -0.05) is 29.8 Å². The van der Waals surface area contributed by atoms with E-state index in [-0.39, 0.29) is 6.04 Å². The van der Waals surface area contributed by atoms with Crippen LogP contribution < -0.4 is 5.32 Å². The van der Waals surface area contributed by atoms with Gasteiger partial charge in [0.15, 0.2) is 0 Å². The molecule has 0 aliphatic rings. The smallest absolute Gasteiger partial charge is 0.0762 e. The zero-order valence-corrected chi connectivity index (χ0v) is 12.3. The molecule has 3 heteroatoms. The lowest BCUT2D eigenvalue weighted by molar-refractivity contribution is 0.573. The summed E-state index contributed by atoms with van der Waals surface area (Å²) in [5.74, 6) is 0. The standard InChI is InChI=1S/C16H19ClN2/c1-11-6-4-7-12(2)13(11)10-15(18-3)16-14(17)8-5-9-19-16/h4-9,15,18H,10H2,1-3H3. The average Bonchev–Trinajstić information content (AvgIpc) is 2.40. The zero-order chi connectivity index (χ0) is 13.8. The fraction of sp³-hybridized carbons (Fsp3) is 0.312. The molecule has 100 valence electrons. The maximum atomic E-state index is 6.24. The maximum Gasteiger partial charge on any atom is 0.0762 e. The number of nitrogens with zero attached hydrogens (tertiary/aromatic N) is 1. The number of pyridine rings is 1. The molecule has 0 amide bonds. The predicted octanol–water partition coefficient (Wildman–Crippen LogP) is 3.86. The Morgan fingerprint density at radius 3 is 2.42 bits per heavy atom. The van der Waals surface area contributed by atoms with Gasteiger partial charge in [-0.15, -0.1) is 0 Å². The lowest BCUT2D eigenvalue weighted by Gasteiger charge is -2.19. The first kappa shape index (κ1) is 14.0. The summed E-state index contributed by atoms with van der Waals surface area (Å²) < 4.78 is 0. The lowest BCUT2D eigenvalue weighted by Crippen LogP contribution is -2.21. The highest BCUT2D eigenvalue weighted by Gasteiger charge is 2.16. The minimum atomic E-state index is 0.133. The summed E-state index contributed by atoms with van der Waals surface area (Å²) in [6.07, 6.45) is 2.68. The van der Waals surface area contributed by atoms with E-state index >= 15 is 0 Å². The van der Waals surface area contributed by atoms with Crippen molar-refractivity contribution in [3.63, 3.8) is 0 Å². The molecule has 19 heavy (non-hydrogen) atoms. The molecule has 2 rings (SSSR count). The topological polar surface area (TPSA) is 24.9 Å². The molecule has 1 aromatic carbocycles. The summed E-state index contributed by atoms with van der Waals surface area (Å²) in [4.78, 5) is 4.41. The largest absolute Gasteiger partial charge is 0.311 e. The minimum absolute atomic E-state index is 0.133. The van der Waals surface area contributed by atoms with Crippen LogP contribution in [0.15, 0.2) is 36.5 Å². The van der Waals surface area contributed by atoms with Crippen LogP contribution >= 0.6 is 11.6 Å². The van der Waals surface area contributed by atoms with Crippen LogP contribution in [0.4, 0.5) is 0 Å². The number of likely N-dealkylation sites (N-methyl/N-ethyl adjacent to an activating group) is 1. The highest BCUT2D eigenvalue weighted by Crippen LogP contribution is 2.25. The van der Waals surface area contributed by atoms with Crippen molar-refractivity contribution in [3.8, 4) is 0 Å². The van der Waals surface area contributed by atoms with Crippen LogP contribution in [0.5, 0.6) is 0 Å². The van der Waals surface area contributed by atoms with Gasteiger partial charge >= 0.3 is 0 Å². The Bertz CT molecular complexity index is 546. The van der Waals surface area contributed by atoms with Crippen LogP contribution in [0.25, 0.3) is 0 Å². The van der Waals surface area contributed by atoms with Crippen molar-refractivity contribution in [1.29, 1.82) is 0 Å². The number of hydrogen-bond donors (Lipinski definition) is 1. The van der Waals surface area contributed by atoms with E-state index < -0.39 is 0 Å². The van der Waals surface area contributed by atoms with Crippen LogP contribution in [0.2, 0.25) is 5.02 Å². The summed E-state index contributed by atoms with van der Waals surface area (Å²) in [6.45, 7) is 4.30. The van der Waals surface area contributed by atoms with E-state index in [2.05, 4.69) is 42.3 Å². The van der Waals surface area contributed by atoms with E-state index in [1.54, 1.807) is 6.20 Å². The minimum Gasteiger partial charge on any atom is -0.311 e. The number of hydrogen-bond acceptors (Lipinski definition) is 2. The third-order valence-electron chi connectivity index (χ3n) is 3.52. The lowest BCUT2D eigenvalue weighted by atomic mass is 9.95. The van der Waals surface area contributed by atoms with Gasteiger partial charge in [-0.2, -0.15) is 0 Å². The monoisotopic (exact) mass is 274 g/mol. The molecular weight excluding hydrogens is 256 g/mol. The van der Waals surface area contributed by atoms with Gasteiger partial charge < -0.3 is 5.32 Å². The Balaban J connectivity index is 2.32. The van der Waals surface area contributed by atoms with Crippen molar-refractivity contribution in [2.45, 2.75) is 26.3 Å². The molecule has 1 N–H and O–H groups in total. The van der Waals surface area contributed by atoms with Gasteiger partial charge in [0.25, 0.3) is 0 Å². The zero-order valence-electron chi connectivity index (χ0n) is 11.6. The van der Waals surface area contributed by atoms with Crippen LogP contribution in [0.3, 0.4) is 0 Å². The maximum absolute atomic E-state index is 6.24. The van der Waals surface area contributed by atoms with Crippen LogP contribution in [-0.4, -0.2) is 12.0 Å². The average molecular weight is 275 g/mol. The van der Waals surface area contributed by atoms with Gasteiger partial charge in [0.1, 0.15) is 0 Å². The quantitative estimate of drug-likeness (QED) is 0.916. The van der Waals surface area contributed by atoms with Crippen LogP contribution in [0, 0.1) is 13.8 Å². The summed E-state index contributed by atoms with van der Waals surface area (Å²) in [5.41, 5.74) is 4.90. The molecule has 1 unspecified atom stereocenters. The first-order valence-corrected chi connectivity index (χ1v) is 6.84.